The highest BCUT2D eigenvalue weighted by Crippen LogP contribution is 2.22. The summed E-state index contributed by atoms with van der Waals surface area (Å²) < 4.78 is 34.0. The van der Waals surface area contributed by atoms with Crippen molar-refractivity contribution in [1.82, 2.24) is 8.87 Å². The topological polar surface area (TPSA) is 97.7 Å². The number of nitrogens with one attached hydrogen (secondary N) is 1. The van der Waals surface area contributed by atoms with Gasteiger partial charge in [0.15, 0.2) is 0 Å². The van der Waals surface area contributed by atoms with Gasteiger partial charge in [-0.05, 0) is 35.9 Å². The zero-order valence-corrected chi connectivity index (χ0v) is 18.0. The second kappa shape index (κ2) is 8.31. The van der Waals surface area contributed by atoms with Gasteiger partial charge in [-0.1, -0.05) is 23.5 Å². The maximum atomic E-state index is 12.6. The number of rotatable bonds is 5. The number of carbonyl (C=O) groups is 1. The number of aromatic nitrogens is 1. The molecule has 0 radical (unpaired) electrons. The Labute approximate surface area is 177 Å². The minimum Gasteiger partial charge on any atom is -0.379 e. The number of anilines is 1. The number of ether oxygens (including phenoxy) is 1. The fourth-order valence-corrected chi connectivity index (χ4v) is 5.71. The number of thiazole rings is 1. The second-order valence-corrected chi connectivity index (χ2v) is 9.99. The van der Waals surface area contributed by atoms with Crippen LogP contribution in [0.2, 0.25) is 0 Å². The Morgan fingerprint density at radius 1 is 1.13 bits per heavy atom. The molecule has 1 aromatic heterocycles. The third-order valence-electron chi connectivity index (χ3n) is 4.98. The molecule has 2 heterocycles. The van der Waals surface area contributed by atoms with E-state index in [1.165, 1.54) is 4.31 Å². The number of benzene rings is 2. The van der Waals surface area contributed by atoms with Crippen molar-refractivity contribution in [2.75, 3.05) is 31.6 Å². The standard InChI is InChI=1S/C20H21N3O5S2/c1-22-17-7-6-16(12-18(17)29-20(22)25)21-19(24)15-4-2-14(3-5-15)13-30(26,27)23-8-10-28-11-9-23/h2-7,12H,8-11,13H2,1H3,(H,21,24). The first-order valence-electron chi connectivity index (χ1n) is 9.39. The Hall–Kier alpha value is -2.53. The molecule has 0 saturated carbocycles. The first-order valence-corrected chi connectivity index (χ1v) is 11.8. The monoisotopic (exact) mass is 447 g/mol. The predicted molar refractivity (Wildman–Crippen MR) is 116 cm³/mol. The Balaban J connectivity index is 1.44. The number of carbonyl (C=O) groups excluding carboxylic acids is 1. The lowest BCUT2D eigenvalue weighted by atomic mass is 10.1. The van der Waals surface area contributed by atoms with Gasteiger partial charge in [-0.2, -0.15) is 4.31 Å². The van der Waals surface area contributed by atoms with Crippen LogP contribution in [-0.4, -0.2) is 49.5 Å². The molecule has 1 fully saturated rings. The zero-order valence-electron chi connectivity index (χ0n) is 16.3. The molecule has 1 aliphatic rings. The molecule has 0 atom stereocenters. The van der Waals surface area contributed by atoms with Crippen molar-refractivity contribution >= 4 is 43.2 Å². The van der Waals surface area contributed by atoms with Gasteiger partial charge in [-0.15, -0.1) is 0 Å². The number of hydrogen-bond acceptors (Lipinski definition) is 6. The van der Waals surface area contributed by atoms with Crippen molar-refractivity contribution < 1.29 is 17.9 Å². The van der Waals surface area contributed by atoms with Crippen molar-refractivity contribution in [2.24, 2.45) is 7.05 Å². The molecule has 0 aliphatic carbocycles. The molecule has 8 nitrogen and oxygen atoms in total. The number of fused-ring (bicyclic) bond motifs is 1. The normalized spacial score (nSPS) is 15.4. The molecular weight excluding hydrogens is 426 g/mol. The zero-order chi connectivity index (χ0) is 21.3. The number of hydrogen-bond donors (Lipinski definition) is 1. The van der Waals surface area contributed by atoms with Crippen LogP contribution in [0, 0.1) is 0 Å². The molecule has 1 amide bonds. The minimum atomic E-state index is -3.41. The van der Waals surface area contributed by atoms with E-state index in [1.54, 1.807) is 54.1 Å². The molecule has 158 valence electrons. The lowest BCUT2D eigenvalue weighted by Crippen LogP contribution is -2.41. The van der Waals surface area contributed by atoms with Gasteiger partial charge in [0.05, 0.1) is 29.2 Å². The van der Waals surface area contributed by atoms with Gasteiger partial charge in [0, 0.05) is 31.4 Å². The van der Waals surface area contributed by atoms with Crippen LogP contribution in [0.3, 0.4) is 0 Å². The quantitative estimate of drug-likeness (QED) is 0.645. The van der Waals surface area contributed by atoms with E-state index in [1.807, 2.05) is 0 Å². The summed E-state index contributed by atoms with van der Waals surface area (Å²) in [4.78, 5) is 24.3. The highest BCUT2D eigenvalue weighted by atomic mass is 32.2. The van der Waals surface area contributed by atoms with Crippen LogP contribution in [0.25, 0.3) is 10.2 Å². The van der Waals surface area contributed by atoms with E-state index >= 15 is 0 Å². The van der Waals surface area contributed by atoms with Crippen LogP contribution in [-0.2, 0) is 27.6 Å². The van der Waals surface area contributed by atoms with Gasteiger partial charge in [0.25, 0.3) is 5.91 Å². The van der Waals surface area contributed by atoms with Crippen LogP contribution in [0.1, 0.15) is 15.9 Å². The van der Waals surface area contributed by atoms with Gasteiger partial charge in [-0.25, -0.2) is 8.42 Å². The maximum absolute atomic E-state index is 12.6. The van der Waals surface area contributed by atoms with Gasteiger partial charge >= 0.3 is 4.87 Å². The van der Waals surface area contributed by atoms with Crippen molar-refractivity contribution in [3.05, 3.63) is 63.3 Å². The number of morpholine rings is 1. The van der Waals surface area contributed by atoms with E-state index in [4.69, 9.17) is 4.74 Å². The van der Waals surface area contributed by atoms with Crippen LogP contribution >= 0.6 is 11.3 Å². The Kier molecular flexibility index (Phi) is 5.74. The summed E-state index contributed by atoms with van der Waals surface area (Å²) >= 11 is 1.12. The average Bonchev–Trinajstić information content (AvgIpc) is 3.02. The van der Waals surface area contributed by atoms with Crippen molar-refractivity contribution in [3.8, 4) is 0 Å². The van der Waals surface area contributed by atoms with Gasteiger partial charge in [0.1, 0.15) is 0 Å². The van der Waals surface area contributed by atoms with E-state index in [-0.39, 0.29) is 16.5 Å². The summed E-state index contributed by atoms with van der Waals surface area (Å²) in [6.45, 7) is 1.54. The third kappa shape index (κ3) is 4.31. The van der Waals surface area contributed by atoms with E-state index < -0.39 is 10.0 Å². The summed E-state index contributed by atoms with van der Waals surface area (Å²) in [6.07, 6.45) is 0. The number of nitrogens with zero attached hydrogens (tertiary/aromatic N) is 2. The minimum absolute atomic E-state index is 0.0592. The molecule has 1 saturated heterocycles. The maximum Gasteiger partial charge on any atom is 0.307 e. The van der Waals surface area contributed by atoms with Crippen molar-refractivity contribution in [2.45, 2.75) is 5.75 Å². The summed E-state index contributed by atoms with van der Waals surface area (Å²) in [6, 6.07) is 11.8. The average molecular weight is 448 g/mol. The summed E-state index contributed by atoms with van der Waals surface area (Å²) in [5.41, 5.74) is 2.44. The molecule has 0 spiro atoms. The van der Waals surface area contributed by atoms with E-state index in [9.17, 15) is 18.0 Å². The van der Waals surface area contributed by atoms with Crippen molar-refractivity contribution in [1.29, 1.82) is 0 Å². The van der Waals surface area contributed by atoms with Crippen LogP contribution in [0.15, 0.2) is 47.3 Å². The number of sulfonamides is 1. The van der Waals surface area contributed by atoms with Crippen molar-refractivity contribution in [3.63, 3.8) is 0 Å². The Bertz CT molecular complexity index is 1240. The van der Waals surface area contributed by atoms with Crippen LogP contribution in [0.4, 0.5) is 5.69 Å². The molecule has 3 aromatic rings. The molecule has 30 heavy (non-hydrogen) atoms. The van der Waals surface area contributed by atoms with E-state index in [0.29, 0.717) is 43.1 Å². The molecule has 2 aromatic carbocycles. The highest BCUT2D eigenvalue weighted by molar-refractivity contribution is 7.88. The Morgan fingerprint density at radius 3 is 2.53 bits per heavy atom. The molecular formula is C20H21N3O5S2. The largest absolute Gasteiger partial charge is 0.379 e. The third-order valence-corrected chi connectivity index (χ3v) is 7.82. The van der Waals surface area contributed by atoms with Gasteiger partial charge < -0.3 is 14.6 Å². The van der Waals surface area contributed by atoms with E-state index in [0.717, 1.165) is 21.6 Å². The lowest BCUT2D eigenvalue weighted by Gasteiger charge is -2.26. The molecule has 0 bridgehead atoms. The SMILES string of the molecule is Cn1c(=O)sc2cc(NC(=O)c3ccc(CS(=O)(=O)N4CCOCC4)cc3)ccc21. The fraction of sp³-hybridized carbons (Fsp3) is 0.300. The first-order chi connectivity index (χ1) is 14.3. The van der Waals surface area contributed by atoms with Crippen LogP contribution in [0.5, 0.6) is 0 Å². The molecule has 0 unspecified atom stereocenters. The first kappa shape index (κ1) is 20.7. The number of amides is 1. The smallest absolute Gasteiger partial charge is 0.307 e. The summed E-state index contributed by atoms with van der Waals surface area (Å²) in [5, 5.41) is 2.81. The summed E-state index contributed by atoms with van der Waals surface area (Å²) in [5.74, 6) is -0.418. The molecule has 1 aliphatic heterocycles. The molecule has 10 heteroatoms. The molecule has 1 N–H and O–H groups in total. The second-order valence-electron chi connectivity index (χ2n) is 7.03. The van der Waals surface area contributed by atoms with Gasteiger partial charge in [0.2, 0.25) is 10.0 Å². The lowest BCUT2D eigenvalue weighted by molar-refractivity contribution is 0.0729. The predicted octanol–water partition coefficient (Wildman–Crippen LogP) is 2.01. The van der Waals surface area contributed by atoms with Crippen LogP contribution < -0.4 is 10.2 Å². The highest BCUT2D eigenvalue weighted by Gasteiger charge is 2.24. The fourth-order valence-electron chi connectivity index (χ4n) is 3.29. The Morgan fingerprint density at radius 2 is 1.83 bits per heavy atom. The van der Waals surface area contributed by atoms with Gasteiger partial charge in [-0.3, -0.25) is 9.59 Å². The summed E-state index contributed by atoms with van der Waals surface area (Å²) in [7, 11) is -1.71. The molecule has 4 rings (SSSR count). The number of aryl methyl sites for hydroxylation is 1. The van der Waals surface area contributed by atoms with E-state index in [2.05, 4.69) is 5.32 Å².